The summed E-state index contributed by atoms with van der Waals surface area (Å²) >= 11 is 0. The van der Waals surface area contributed by atoms with Gasteiger partial charge in [-0.15, -0.1) is 0 Å². The fraction of sp³-hybridized carbons (Fsp3) is 0.444. The Kier molecular flexibility index (Phi) is 3.36. The van der Waals surface area contributed by atoms with Crippen molar-refractivity contribution in [3.8, 4) is 0 Å². The van der Waals surface area contributed by atoms with Crippen LogP contribution in [0, 0.1) is 0 Å². The molecule has 1 unspecified atom stereocenters. The molecule has 1 aromatic heterocycles. The summed E-state index contributed by atoms with van der Waals surface area (Å²) in [4.78, 5) is 29.0. The lowest BCUT2D eigenvalue weighted by molar-refractivity contribution is -0.141. The van der Waals surface area contributed by atoms with Crippen LogP contribution < -0.4 is 0 Å². The van der Waals surface area contributed by atoms with Crippen molar-refractivity contribution < 1.29 is 14.7 Å². The summed E-state index contributed by atoms with van der Waals surface area (Å²) in [6.07, 6.45) is 5.81. The number of carboxylic acids is 1. The zero-order chi connectivity index (χ0) is 16.0. The first-order valence-electron chi connectivity index (χ1n) is 8.32. The number of H-pyrrole nitrogens is 1. The van der Waals surface area contributed by atoms with E-state index in [-0.39, 0.29) is 5.91 Å². The Labute approximate surface area is 134 Å². The Morgan fingerprint density at radius 3 is 2.83 bits per heavy atom. The predicted octanol–water partition coefficient (Wildman–Crippen LogP) is 2.74. The fourth-order valence-electron chi connectivity index (χ4n) is 3.97. The predicted molar refractivity (Wildman–Crippen MR) is 86.6 cm³/mol. The van der Waals surface area contributed by atoms with E-state index in [4.69, 9.17) is 0 Å². The molecule has 5 heteroatoms. The van der Waals surface area contributed by atoms with E-state index in [0.717, 1.165) is 30.2 Å². The zero-order valence-electron chi connectivity index (χ0n) is 13.0. The summed E-state index contributed by atoms with van der Waals surface area (Å²) in [5.41, 5.74) is 4.29. The third-order valence-corrected chi connectivity index (χ3v) is 5.14. The number of aryl methyl sites for hydroxylation is 2. The quantitative estimate of drug-likeness (QED) is 0.895. The highest BCUT2D eigenvalue weighted by Gasteiger charge is 2.34. The van der Waals surface area contributed by atoms with Crippen LogP contribution in [0.3, 0.4) is 0 Å². The van der Waals surface area contributed by atoms with Crippen LogP contribution in [0.1, 0.15) is 47.3 Å². The molecular formula is C18H20N2O3. The van der Waals surface area contributed by atoms with E-state index >= 15 is 0 Å². The summed E-state index contributed by atoms with van der Waals surface area (Å²) in [5, 5.41) is 10.4. The number of aromatic amines is 1. The lowest BCUT2D eigenvalue weighted by Gasteiger charge is -2.21. The van der Waals surface area contributed by atoms with Crippen molar-refractivity contribution in [3.05, 3.63) is 35.0 Å². The SMILES string of the molecule is O=C(O)C1CCCN1C(=O)c1ccc2[nH]c3c(c2c1)CCCC3. The molecule has 1 aliphatic heterocycles. The largest absolute Gasteiger partial charge is 0.480 e. The number of hydrogen-bond acceptors (Lipinski definition) is 2. The second-order valence-electron chi connectivity index (χ2n) is 6.54. The first kappa shape index (κ1) is 14.3. The average Bonchev–Trinajstić information content (AvgIpc) is 3.18. The molecule has 0 spiro atoms. The summed E-state index contributed by atoms with van der Waals surface area (Å²) in [6.45, 7) is 0.527. The van der Waals surface area contributed by atoms with Gasteiger partial charge in [0.2, 0.25) is 0 Å². The van der Waals surface area contributed by atoms with Crippen LogP contribution >= 0.6 is 0 Å². The number of carbonyl (C=O) groups excluding carboxylic acids is 1. The highest BCUT2D eigenvalue weighted by atomic mass is 16.4. The van der Waals surface area contributed by atoms with Crippen LogP contribution in [0.5, 0.6) is 0 Å². The third kappa shape index (κ3) is 2.31. The first-order chi connectivity index (χ1) is 11.1. The molecule has 0 saturated carbocycles. The van der Waals surface area contributed by atoms with E-state index in [1.54, 1.807) is 0 Å². The Hall–Kier alpha value is -2.30. The number of carbonyl (C=O) groups is 2. The molecule has 0 bridgehead atoms. The summed E-state index contributed by atoms with van der Waals surface area (Å²) in [7, 11) is 0. The van der Waals surface area contributed by atoms with Gasteiger partial charge in [-0.3, -0.25) is 4.79 Å². The Morgan fingerprint density at radius 1 is 1.17 bits per heavy atom. The van der Waals surface area contributed by atoms with Gasteiger partial charge in [0.1, 0.15) is 6.04 Å². The fourth-order valence-corrected chi connectivity index (χ4v) is 3.97. The average molecular weight is 312 g/mol. The van der Waals surface area contributed by atoms with Crippen molar-refractivity contribution in [1.29, 1.82) is 0 Å². The van der Waals surface area contributed by atoms with E-state index in [0.29, 0.717) is 18.5 Å². The lowest BCUT2D eigenvalue weighted by atomic mass is 9.95. The molecule has 2 heterocycles. The van der Waals surface area contributed by atoms with Crippen LogP contribution in [-0.4, -0.2) is 39.5 Å². The number of nitrogens with one attached hydrogen (secondary N) is 1. The monoisotopic (exact) mass is 312 g/mol. The van der Waals surface area contributed by atoms with E-state index in [1.165, 1.54) is 29.0 Å². The second kappa shape index (κ2) is 5.41. The number of nitrogens with zero attached hydrogens (tertiary/aromatic N) is 1. The molecule has 1 amide bonds. The van der Waals surface area contributed by atoms with Gasteiger partial charge in [0.25, 0.3) is 5.91 Å². The smallest absolute Gasteiger partial charge is 0.326 e. The lowest BCUT2D eigenvalue weighted by Crippen LogP contribution is -2.40. The van der Waals surface area contributed by atoms with Gasteiger partial charge < -0.3 is 15.0 Å². The molecule has 1 saturated heterocycles. The van der Waals surface area contributed by atoms with Crippen LogP contribution in [0.2, 0.25) is 0 Å². The number of likely N-dealkylation sites (tertiary alicyclic amines) is 1. The maximum Gasteiger partial charge on any atom is 0.326 e. The molecule has 2 aromatic rings. The summed E-state index contributed by atoms with van der Waals surface area (Å²) in [5.74, 6) is -1.07. The van der Waals surface area contributed by atoms with Gasteiger partial charge in [0.05, 0.1) is 0 Å². The topological polar surface area (TPSA) is 73.4 Å². The minimum absolute atomic E-state index is 0.164. The summed E-state index contributed by atoms with van der Waals surface area (Å²) < 4.78 is 0. The maximum atomic E-state index is 12.7. The first-order valence-corrected chi connectivity index (χ1v) is 8.32. The van der Waals surface area contributed by atoms with E-state index in [1.807, 2.05) is 18.2 Å². The highest BCUT2D eigenvalue weighted by Crippen LogP contribution is 2.30. The number of amides is 1. The minimum Gasteiger partial charge on any atom is -0.480 e. The molecule has 1 aromatic carbocycles. The van der Waals surface area contributed by atoms with Crippen molar-refractivity contribution in [1.82, 2.24) is 9.88 Å². The maximum absolute atomic E-state index is 12.7. The van der Waals surface area contributed by atoms with Crippen molar-refractivity contribution in [2.45, 2.75) is 44.6 Å². The molecule has 2 aliphatic rings. The number of fused-ring (bicyclic) bond motifs is 3. The van der Waals surface area contributed by atoms with Crippen LogP contribution in [-0.2, 0) is 17.6 Å². The zero-order valence-corrected chi connectivity index (χ0v) is 13.0. The Balaban J connectivity index is 1.71. The standard InChI is InChI=1S/C18H20N2O3/c21-17(20-9-3-6-16(20)18(22)23)11-7-8-15-13(10-11)12-4-1-2-5-14(12)19-15/h7-8,10,16,19H,1-6,9H2,(H,22,23). The van der Waals surface area contributed by atoms with Crippen molar-refractivity contribution in [2.24, 2.45) is 0 Å². The molecule has 23 heavy (non-hydrogen) atoms. The van der Waals surface area contributed by atoms with Crippen molar-refractivity contribution >= 4 is 22.8 Å². The Bertz CT molecular complexity index is 793. The number of rotatable bonds is 2. The molecule has 5 nitrogen and oxygen atoms in total. The number of carboxylic acid groups (broad SMARTS) is 1. The van der Waals surface area contributed by atoms with Gasteiger partial charge in [-0.05, 0) is 62.3 Å². The van der Waals surface area contributed by atoms with Gasteiger partial charge in [-0.1, -0.05) is 0 Å². The van der Waals surface area contributed by atoms with E-state index in [2.05, 4.69) is 4.98 Å². The van der Waals surface area contributed by atoms with Gasteiger partial charge >= 0.3 is 5.97 Å². The molecule has 4 rings (SSSR count). The van der Waals surface area contributed by atoms with Crippen molar-refractivity contribution in [2.75, 3.05) is 6.54 Å². The molecule has 120 valence electrons. The van der Waals surface area contributed by atoms with E-state index in [9.17, 15) is 14.7 Å². The number of hydrogen-bond donors (Lipinski definition) is 2. The molecule has 0 radical (unpaired) electrons. The van der Waals surface area contributed by atoms with Crippen LogP contribution in [0.15, 0.2) is 18.2 Å². The summed E-state index contributed by atoms with van der Waals surface area (Å²) in [6, 6.07) is 5.02. The van der Waals surface area contributed by atoms with Crippen molar-refractivity contribution in [3.63, 3.8) is 0 Å². The molecule has 2 N–H and O–H groups in total. The molecule has 1 atom stereocenters. The Morgan fingerprint density at radius 2 is 2.00 bits per heavy atom. The van der Waals surface area contributed by atoms with Gasteiger partial charge in [-0.2, -0.15) is 0 Å². The van der Waals surface area contributed by atoms with Gasteiger partial charge in [-0.25, -0.2) is 4.79 Å². The minimum atomic E-state index is -0.907. The number of aromatic nitrogens is 1. The van der Waals surface area contributed by atoms with E-state index < -0.39 is 12.0 Å². The van der Waals surface area contributed by atoms with Gasteiger partial charge in [0, 0.05) is 28.7 Å². The number of aliphatic carboxylic acids is 1. The normalized spacial score (nSPS) is 20.7. The molecule has 1 fully saturated rings. The molecule has 1 aliphatic carbocycles. The van der Waals surface area contributed by atoms with Crippen LogP contribution in [0.25, 0.3) is 10.9 Å². The highest BCUT2D eigenvalue weighted by molar-refractivity contribution is 6.00. The second-order valence-corrected chi connectivity index (χ2v) is 6.54. The third-order valence-electron chi connectivity index (χ3n) is 5.14. The number of benzene rings is 1. The van der Waals surface area contributed by atoms with Gasteiger partial charge in [0.15, 0.2) is 0 Å². The van der Waals surface area contributed by atoms with Crippen LogP contribution in [0.4, 0.5) is 0 Å². The molecular weight excluding hydrogens is 292 g/mol.